The first kappa shape index (κ1) is 13.9. The number of hydrogen-bond donors (Lipinski definition) is 0. The van der Waals surface area contributed by atoms with Gasteiger partial charge in [0.25, 0.3) is 0 Å². The Kier molecular flexibility index (Phi) is 6.51. The van der Waals surface area contributed by atoms with Gasteiger partial charge in [-0.15, -0.1) is 0 Å². The fourth-order valence-corrected chi connectivity index (χ4v) is 1.42. The second-order valence-corrected chi connectivity index (χ2v) is 3.86. The van der Waals surface area contributed by atoms with Crippen LogP contribution in [0, 0.1) is 0 Å². The second-order valence-electron chi connectivity index (χ2n) is 3.86. The van der Waals surface area contributed by atoms with Crippen molar-refractivity contribution in [2.75, 3.05) is 13.2 Å². The van der Waals surface area contributed by atoms with E-state index in [1.54, 1.807) is 12.1 Å². The van der Waals surface area contributed by atoms with Crippen LogP contribution in [-0.4, -0.2) is 19.5 Å². The molecule has 0 aliphatic carbocycles. The molecule has 0 spiro atoms. The molecule has 0 saturated heterocycles. The summed E-state index contributed by atoms with van der Waals surface area (Å²) in [4.78, 5) is 10.6. The highest BCUT2D eigenvalue weighted by Gasteiger charge is 2.11. The molecule has 0 unspecified atom stereocenters. The molecule has 0 aromatic heterocycles. The van der Waals surface area contributed by atoms with Crippen molar-refractivity contribution >= 4 is 6.29 Å². The van der Waals surface area contributed by atoms with Crippen molar-refractivity contribution in [1.29, 1.82) is 0 Å². The average molecular weight is 236 g/mol. The Morgan fingerprint density at radius 3 is 2.00 bits per heavy atom. The Bertz CT molecular complexity index is 311. The molecular formula is C14H20O3. The lowest BCUT2D eigenvalue weighted by molar-refractivity contribution is -0.146. The van der Waals surface area contributed by atoms with E-state index in [9.17, 15) is 4.79 Å². The van der Waals surface area contributed by atoms with Crippen LogP contribution in [0.15, 0.2) is 24.3 Å². The lowest BCUT2D eigenvalue weighted by atomic mass is 10.1. The van der Waals surface area contributed by atoms with Gasteiger partial charge >= 0.3 is 0 Å². The molecule has 0 aliphatic heterocycles. The highest BCUT2D eigenvalue weighted by Crippen LogP contribution is 2.19. The van der Waals surface area contributed by atoms with E-state index in [2.05, 4.69) is 13.8 Å². The Morgan fingerprint density at radius 2 is 1.59 bits per heavy atom. The largest absolute Gasteiger partial charge is 0.348 e. The molecule has 0 saturated carbocycles. The maximum atomic E-state index is 10.6. The van der Waals surface area contributed by atoms with Gasteiger partial charge in [0.1, 0.15) is 6.29 Å². The van der Waals surface area contributed by atoms with E-state index in [1.165, 1.54) is 0 Å². The van der Waals surface area contributed by atoms with Crippen molar-refractivity contribution < 1.29 is 14.3 Å². The Balaban J connectivity index is 2.68. The van der Waals surface area contributed by atoms with Crippen LogP contribution >= 0.6 is 0 Å². The maximum absolute atomic E-state index is 10.6. The molecule has 0 fully saturated rings. The lowest BCUT2D eigenvalue weighted by Crippen LogP contribution is -2.10. The number of hydrogen-bond acceptors (Lipinski definition) is 3. The van der Waals surface area contributed by atoms with Crippen LogP contribution in [0.3, 0.4) is 0 Å². The van der Waals surface area contributed by atoms with Crippen molar-refractivity contribution in [3.8, 4) is 0 Å². The van der Waals surface area contributed by atoms with Gasteiger partial charge in [-0.3, -0.25) is 4.79 Å². The molecule has 0 bridgehead atoms. The number of rotatable bonds is 8. The molecule has 1 aromatic rings. The van der Waals surface area contributed by atoms with Crippen molar-refractivity contribution in [2.24, 2.45) is 0 Å². The van der Waals surface area contributed by atoms with E-state index < -0.39 is 0 Å². The third kappa shape index (κ3) is 4.67. The van der Waals surface area contributed by atoms with Crippen LogP contribution in [0.5, 0.6) is 0 Å². The zero-order valence-corrected chi connectivity index (χ0v) is 10.5. The molecule has 0 atom stereocenters. The summed E-state index contributed by atoms with van der Waals surface area (Å²) in [6.07, 6.45) is 2.42. The standard InChI is InChI=1S/C14H20O3/c1-3-9-16-14(17-10-4-2)13-7-5-12(11-15)6-8-13/h5-8,11,14H,3-4,9-10H2,1-2H3. The topological polar surface area (TPSA) is 35.5 Å². The molecule has 0 radical (unpaired) electrons. The SMILES string of the molecule is CCCOC(OCCC)c1ccc(C=O)cc1. The smallest absolute Gasteiger partial charge is 0.183 e. The predicted octanol–water partition coefficient (Wildman–Crippen LogP) is 3.35. The summed E-state index contributed by atoms with van der Waals surface area (Å²) in [6, 6.07) is 7.30. The zero-order chi connectivity index (χ0) is 12.5. The Labute approximate surface area is 103 Å². The lowest BCUT2D eigenvalue weighted by Gasteiger charge is -2.18. The molecule has 0 N–H and O–H groups in total. The molecule has 1 rings (SSSR count). The molecular weight excluding hydrogens is 216 g/mol. The highest BCUT2D eigenvalue weighted by molar-refractivity contribution is 5.74. The molecule has 17 heavy (non-hydrogen) atoms. The minimum Gasteiger partial charge on any atom is -0.348 e. The van der Waals surface area contributed by atoms with E-state index in [0.29, 0.717) is 18.8 Å². The quantitative estimate of drug-likeness (QED) is 0.513. The third-order valence-corrected chi connectivity index (χ3v) is 2.29. The van der Waals surface area contributed by atoms with Gasteiger partial charge in [0.2, 0.25) is 0 Å². The molecule has 0 heterocycles. The van der Waals surface area contributed by atoms with E-state index in [1.807, 2.05) is 12.1 Å². The minimum atomic E-state index is -0.324. The highest BCUT2D eigenvalue weighted by atomic mass is 16.7. The number of aldehydes is 1. The van der Waals surface area contributed by atoms with Gasteiger partial charge in [0.15, 0.2) is 6.29 Å². The van der Waals surface area contributed by atoms with Gasteiger partial charge in [-0.1, -0.05) is 38.1 Å². The number of carbonyl (C=O) groups excluding carboxylic acids is 1. The van der Waals surface area contributed by atoms with Crippen LogP contribution in [0.25, 0.3) is 0 Å². The molecule has 3 heteroatoms. The first-order valence-corrected chi connectivity index (χ1v) is 6.10. The van der Waals surface area contributed by atoms with Crippen molar-refractivity contribution in [2.45, 2.75) is 33.0 Å². The summed E-state index contributed by atoms with van der Waals surface area (Å²) in [6.45, 7) is 5.46. The van der Waals surface area contributed by atoms with Gasteiger partial charge in [0, 0.05) is 24.3 Å². The summed E-state index contributed by atoms with van der Waals surface area (Å²) in [5, 5.41) is 0. The maximum Gasteiger partial charge on any atom is 0.183 e. The van der Waals surface area contributed by atoms with Gasteiger partial charge in [-0.25, -0.2) is 0 Å². The molecule has 1 aromatic carbocycles. The number of ether oxygens (including phenoxy) is 2. The second kappa shape index (κ2) is 7.98. The van der Waals surface area contributed by atoms with Crippen LogP contribution in [-0.2, 0) is 9.47 Å². The summed E-state index contributed by atoms with van der Waals surface area (Å²) in [5.41, 5.74) is 1.62. The molecule has 94 valence electrons. The summed E-state index contributed by atoms with van der Waals surface area (Å²) < 4.78 is 11.3. The van der Waals surface area contributed by atoms with Crippen LogP contribution in [0.2, 0.25) is 0 Å². The minimum absolute atomic E-state index is 0.324. The monoisotopic (exact) mass is 236 g/mol. The molecule has 3 nitrogen and oxygen atoms in total. The first-order chi connectivity index (χ1) is 8.31. The zero-order valence-electron chi connectivity index (χ0n) is 10.5. The van der Waals surface area contributed by atoms with Gasteiger partial charge < -0.3 is 9.47 Å². The summed E-state index contributed by atoms with van der Waals surface area (Å²) >= 11 is 0. The number of benzene rings is 1. The van der Waals surface area contributed by atoms with Crippen molar-refractivity contribution in [3.63, 3.8) is 0 Å². The Morgan fingerprint density at radius 1 is 1.06 bits per heavy atom. The normalized spacial score (nSPS) is 10.8. The van der Waals surface area contributed by atoms with Crippen molar-refractivity contribution in [1.82, 2.24) is 0 Å². The average Bonchev–Trinajstić information content (AvgIpc) is 2.39. The van der Waals surface area contributed by atoms with Crippen LogP contribution in [0.1, 0.15) is 48.9 Å². The van der Waals surface area contributed by atoms with E-state index in [-0.39, 0.29) is 6.29 Å². The van der Waals surface area contributed by atoms with Crippen LogP contribution in [0.4, 0.5) is 0 Å². The van der Waals surface area contributed by atoms with E-state index in [4.69, 9.17) is 9.47 Å². The van der Waals surface area contributed by atoms with E-state index >= 15 is 0 Å². The first-order valence-electron chi connectivity index (χ1n) is 6.10. The number of carbonyl (C=O) groups is 1. The van der Waals surface area contributed by atoms with Gasteiger partial charge in [-0.05, 0) is 12.8 Å². The van der Waals surface area contributed by atoms with Crippen LogP contribution < -0.4 is 0 Å². The predicted molar refractivity (Wildman–Crippen MR) is 67.1 cm³/mol. The Hall–Kier alpha value is -1.19. The molecule has 0 aliphatic rings. The van der Waals surface area contributed by atoms with Gasteiger partial charge in [-0.2, -0.15) is 0 Å². The summed E-state index contributed by atoms with van der Waals surface area (Å²) in [5.74, 6) is 0. The van der Waals surface area contributed by atoms with Gasteiger partial charge in [0.05, 0.1) is 0 Å². The van der Waals surface area contributed by atoms with E-state index in [0.717, 1.165) is 24.7 Å². The molecule has 0 amide bonds. The van der Waals surface area contributed by atoms with Crippen molar-refractivity contribution in [3.05, 3.63) is 35.4 Å². The fraction of sp³-hybridized carbons (Fsp3) is 0.500. The third-order valence-electron chi connectivity index (χ3n) is 2.29. The fourth-order valence-electron chi connectivity index (χ4n) is 1.42. The summed E-state index contributed by atoms with van der Waals surface area (Å²) in [7, 11) is 0.